The number of nitrogens with one attached hydrogen (secondary N) is 1. The maximum atomic E-state index is 5.33. The van der Waals surface area contributed by atoms with E-state index in [2.05, 4.69) is 41.7 Å². The molecule has 2 aromatic rings. The lowest BCUT2D eigenvalue weighted by Gasteiger charge is -2.25. The molecule has 1 N–H and O–H groups in total. The van der Waals surface area contributed by atoms with Crippen molar-refractivity contribution in [2.75, 3.05) is 14.2 Å². The topological polar surface area (TPSA) is 30.5 Å². The zero-order valence-corrected chi connectivity index (χ0v) is 13.3. The smallest absolute Gasteiger partial charge is 0.122 e. The fourth-order valence-electron chi connectivity index (χ4n) is 3.10. The first kappa shape index (κ1) is 14.9. The van der Waals surface area contributed by atoms with Gasteiger partial charge < -0.3 is 14.8 Å². The molecule has 3 nitrogen and oxygen atoms in total. The van der Waals surface area contributed by atoms with Gasteiger partial charge in [0.05, 0.1) is 14.2 Å². The van der Waals surface area contributed by atoms with Crippen molar-refractivity contribution in [2.45, 2.75) is 31.8 Å². The third-order valence-corrected chi connectivity index (χ3v) is 4.35. The standard InChI is InChI=1S/C19H23NO2/c1-21-18-9-14(10-19(12-18)22-2)13-20-17-8-7-15-5-3-4-6-16(15)11-17/h3-6,9-10,12,17,20H,7-8,11,13H2,1-2H3/t17-/m1/s1. The molecule has 0 saturated heterocycles. The van der Waals surface area contributed by atoms with Gasteiger partial charge in [-0.05, 0) is 48.1 Å². The van der Waals surface area contributed by atoms with Crippen LogP contribution in [-0.2, 0) is 19.4 Å². The average Bonchev–Trinajstić information content (AvgIpc) is 2.59. The van der Waals surface area contributed by atoms with Crippen LogP contribution in [0.25, 0.3) is 0 Å². The van der Waals surface area contributed by atoms with Crippen LogP contribution in [-0.4, -0.2) is 20.3 Å². The summed E-state index contributed by atoms with van der Waals surface area (Å²) in [6.07, 6.45) is 3.46. The molecule has 3 rings (SSSR count). The summed E-state index contributed by atoms with van der Waals surface area (Å²) in [6, 6.07) is 15.3. The van der Waals surface area contributed by atoms with Crippen molar-refractivity contribution < 1.29 is 9.47 Å². The normalized spacial score (nSPS) is 16.9. The monoisotopic (exact) mass is 297 g/mol. The van der Waals surface area contributed by atoms with Crippen LogP contribution in [0.1, 0.15) is 23.1 Å². The number of aryl methyl sites for hydroxylation is 1. The molecule has 116 valence electrons. The van der Waals surface area contributed by atoms with E-state index in [-0.39, 0.29) is 0 Å². The Bertz CT molecular complexity index is 617. The minimum atomic E-state index is 0.534. The second-order valence-corrected chi connectivity index (χ2v) is 5.81. The summed E-state index contributed by atoms with van der Waals surface area (Å²) in [4.78, 5) is 0. The summed E-state index contributed by atoms with van der Waals surface area (Å²) < 4.78 is 10.7. The highest BCUT2D eigenvalue weighted by Crippen LogP contribution is 2.24. The van der Waals surface area contributed by atoms with E-state index in [1.165, 1.54) is 23.1 Å². The Morgan fingerprint density at radius 1 is 1.00 bits per heavy atom. The predicted molar refractivity (Wildman–Crippen MR) is 88.6 cm³/mol. The van der Waals surface area contributed by atoms with Crippen LogP contribution in [0.4, 0.5) is 0 Å². The zero-order chi connectivity index (χ0) is 15.4. The molecular weight excluding hydrogens is 274 g/mol. The molecule has 0 amide bonds. The Kier molecular flexibility index (Phi) is 4.64. The molecular formula is C19H23NO2. The van der Waals surface area contributed by atoms with Gasteiger partial charge in [-0.3, -0.25) is 0 Å². The zero-order valence-electron chi connectivity index (χ0n) is 13.3. The summed E-state index contributed by atoms with van der Waals surface area (Å²) in [6.45, 7) is 0.834. The lowest BCUT2D eigenvalue weighted by atomic mass is 9.88. The first-order valence-electron chi connectivity index (χ1n) is 7.80. The minimum Gasteiger partial charge on any atom is -0.497 e. The van der Waals surface area contributed by atoms with Gasteiger partial charge in [-0.2, -0.15) is 0 Å². The Morgan fingerprint density at radius 2 is 1.68 bits per heavy atom. The maximum absolute atomic E-state index is 5.33. The molecule has 0 fully saturated rings. The first-order valence-corrected chi connectivity index (χ1v) is 7.80. The van der Waals surface area contributed by atoms with E-state index in [9.17, 15) is 0 Å². The van der Waals surface area contributed by atoms with E-state index in [0.29, 0.717) is 6.04 Å². The minimum absolute atomic E-state index is 0.534. The molecule has 0 aliphatic heterocycles. The van der Waals surface area contributed by atoms with Crippen LogP contribution in [0.5, 0.6) is 11.5 Å². The number of benzene rings is 2. The van der Waals surface area contributed by atoms with Gasteiger partial charge >= 0.3 is 0 Å². The van der Waals surface area contributed by atoms with Crippen molar-refractivity contribution in [3.8, 4) is 11.5 Å². The Balaban J connectivity index is 1.64. The van der Waals surface area contributed by atoms with Gasteiger partial charge in [0, 0.05) is 18.7 Å². The van der Waals surface area contributed by atoms with Crippen LogP contribution in [0.3, 0.4) is 0 Å². The van der Waals surface area contributed by atoms with Crippen molar-refractivity contribution in [1.29, 1.82) is 0 Å². The summed E-state index contributed by atoms with van der Waals surface area (Å²) in [5.74, 6) is 1.68. The fraction of sp³-hybridized carbons (Fsp3) is 0.368. The quantitative estimate of drug-likeness (QED) is 0.918. The van der Waals surface area contributed by atoms with E-state index in [4.69, 9.17) is 9.47 Å². The van der Waals surface area contributed by atoms with E-state index in [1.54, 1.807) is 14.2 Å². The molecule has 1 aliphatic rings. The van der Waals surface area contributed by atoms with Crippen molar-refractivity contribution in [2.24, 2.45) is 0 Å². The third-order valence-electron chi connectivity index (χ3n) is 4.35. The van der Waals surface area contributed by atoms with Crippen molar-refractivity contribution in [3.05, 3.63) is 59.2 Å². The van der Waals surface area contributed by atoms with Gasteiger partial charge in [-0.1, -0.05) is 24.3 Å². The Hall–Kier alpha value is -2.00. The first-order chi connectivity index (χ1) is 10.8. The highest BCUT2D eigenvalue weighted by molar-refractivity contribution is 5.38. The lowest BCUT2D eigenvalue weighted by molar-refractivity contribution is 0.392. The van der Waals surface area contributed by atoms with Crippen LogP contribution >= 0.6 is 0 Å². The molecule has 0 bridgehead atoms. The van der Waals surface area contributed by atoms with Gasteiger partial charge in [0.1, 0.15) is 11.5 Å². The highest BCUT2D eigenvalue weighted by atomic mass is 16.5. The van der Waals surface area contributed by atoms with E-state index >= 15 is 0 Å². The van der Waals surface area contributed by atoms with E-state index < -0.39 is 0 Å². The molecule has 0 unspecified atom stereocenters. The molecule has 22 heavy (non-hydrogen) atoms. The van der Waals surface area contributed by atoms with E-state index in [0.717, 1.165) is 30.9 Å². The summed E-state index contributed by atoms with van der Waals surface area (Å²) >= 11 is 0. The molecule has 3 heteroatoms. The molecule has 1 aliphatic carbocycles. The SMILES string of the molecule is COc1cc(CN[C@@H]2CCc3ccccc3C2)cc(OC)c1. The molecule has 0 heterocycles. The Labute approximate surface area is 132 Å². The summed E-state index contributed by atoms with van der Waals surface area (Å²) in [7, 11) is 3.37. The highest BCUT2D eigenvalue weighted by Gasteiger charge is 2.17. The number of hydrogen-bond acceptors (Lipinski definition) is 3. The molecule has 2 aromatic carbocycles. The summed E-state index contributed by atoms with van der Waals surface area (Å²) in [5.41, 5.74) is 4.17. The second-order valence-electron chi connectivity index (χ2n) is 5.81. The fourth-order valence-corrected chi connectivity index (χ4v) is 3.10. The number of fused-ring (bicyclic) bond motifs is 1. The van der Waals surface area contributed by atoms with Gasteiger partial charge in [-0.25, -0.2) is 0 Å². The van der Waals surface area contributed by atoms with Gasteiger partial charge in [0.2, 0.25) is 0 Å². The second kappa shape index (κ2) is 6.84. The molecule has 1 atom stereocenters. The Morgan fingerprint density at radius 3 is 2.36 bits per heavy atom. The van der Waals surface area contributed by atoms with Crippen LogP contribution in [0, 0.1) is 0 Å². The van der Waals surface area contributed by atoms with Crippen LogP contribution in [0.2, 0.25) is 0 Å². The summed E-state index contributed by atoms with van der Waals surface area (Å²) in [5, 5.41) is 3.67. The van der Waals surface area contributed by atoms with Gasteiger partial charge in [0.25, 0.3) is 0 Å². The largest absolute Gasteiger partial charge is 0.497 e. The molecule has 0 radical (unpaired) electrons. The third kappa shape index (κ3) is 3.42. The van der Waals surface area contributed by atoms with Crippen molar-refractivity contribution in [1.82, 2.24) is 5.32 Å². The number of ether oxygens (including phenoxy) is 2. The van der Waals surface area contributed by atoms with Crippen molar-refractivity contribution in [3.63, 3.8) is 0 Å². The van der Waals surface area contributed by atoms with Gasteiger partial charge in [-0.15, -0.1) is 0 Å². The molecule has 0 spiro atoms. The maximum Gasteiger partial charge on any atom is 0.122 e. The van der Waals surface area contributed by atoms with Crippen molar-refractivity contribution >= 4 is 0 Å². The van der Waals surface area contributed by atoms with Crippen LogP contribution in [0.15, 0.2) is 42.5 Å². The number of methoxy groups -OCH3 is 2. The lowest BCUT2D eigenvalue weighted by Crippen LogP contribution is -2.34. The molecule has 0 aromatic heterocycles. The predicted octanol–water partition coefficient (Wildman–Crippen LogP) is 3.35. The number of hydrogen-bond donors (Lipinski definition) is 1. The van der Waals surface area contributed by atoms with E-state index in [1.807, 2.05) is 6.07 Å². The van der Waals surface area contributed by atoms with Crippen LogP contribution < -0.4 is 14.8 Å². The van der Waals surface area contributed by atoms with Gasteiger partial charge in [0.15, 0.2) is 0 Å². The number of rotatable bonds is 5. The molecule has 0 saturated carbocycles. The average molecular weight is 297 g/mol.